The first-order valence-corrected chi connectivity index (χ1v) is 8.21. The highest BCUT2D eigenvalue weighted by molar-refractivity contribution is 5.88. The molecule has 134 valence electrons. The van der Waals surface area contributed by atoms with Gasteiger partial charge in [0, 0.05) is 29.5 Å². The molecule has 0 radical (unpaired) electrons. The maximum Gasteiger partial charge on any atom is 0.271 e. The summed E-state index contributed by atoms with van der Waals surface area (Å²) in [5, 5.41) is 28.3. The minimum absolute atomic E-state index is 0.00972. The van der Waals surface area contributed by atoms with Crippen LogP contribution in [0.3, 0.4) is 0 Å². The molecule has 0 spiro atoms. The van der Waals surface area contributed by atoms with Crippen molar-refractivity contribution >= 4 is 17.6 Å². The van der Waals surface area contributed by atoms with Crippen LogP contribution in [0.1, 0.15) is 12.0 Å². The average molecular weight is 360 g/mol. The number of nitrogens with zero attached hydrogens (tertiary/aromatic N) is 5. The third-order valence-electron chi connectivity index (χ3n) is 3.74. The highest BCUT2D eigenvalue weighted by atomic mass is 16.6. The fourth-order valence-corrected chi connectivity index (χ4v) is 2.50. The number of hydrogen-bond donors (Lipinski definition) is 1. The van der Waals surface area contributed by atoms with E-state index in [0.717, 1.165) is 16.8 Å². The molecule has 0 fully saturated rings. The van der Waals surface area contributed by atoms with Crippen LogP contribution in [0.15, 0.2) is 65.9 Å². The van der Waals surface area contributed by atoms with Crippen molar-refractivity contribution in [1.29, 1.82) is 5.26 Å². The van der Waals surface area contributed by atoms with Gasteiger partial charge in [-0.05, 0) is 6.07 Å². The number of nitrogens with one attached hydrogen (secondary N) is 1. The smallest absolute Gasteiger partial charge is 0.271 e. The molecular weight excluding hydrogens is 344 g/mol. The zero-order valence-electron chi connectivity index (χ0n) is 14.3. The summed E-state index contributed by atoms with van der Waals surface area (Å²) < 4.78 is 1.71. The molecule has 1 aromatic heterocycles. The number of aromatic nitrogens is 2. The molecule has 0 atom stereocenters. The molecule has 0 bridgehead atoms. The van der Waals surface area contributed by atoms with E-state index in [2.05, 4.69) is 21.7 Å². The van der Waals surface area contributed by atoms with Crippen molar-refractivity contribution in [3.63, 3.8) is 0 Å². The molecule has 27 heavy (non-hydrogen) atoms. The van der Waals surface area contributed by atoms with E-state index in [4.69, 9.17) is 5.26 Å². The summed E-state index contributed by atoms with van der Waals surface area (Å²) in [4.78, 5) is 10.4. The van der Waals surface area contributed by atoms with Crippen molar-refractivity contribution in [2.75, 3.05) is 5.43 Å². The van der Waals surface area contributed by atoms with Gasteiger partial charge in [-0.25, -0.2) is 0 Å². The number of anilines is 1. The van der Waals surface area contributed by atoms with Crippen molar-refractivity contribution in [3.05, 3.63) is 76.5 Å². The summed E-state index contributed by atoms with van der Waals surface area (Å²) in [7, 11) is 0. The van der Waals surface area contributed by atoms with E-state index < -0.39 is 4.92 Å². The van der Waals surface area contributed by atoms with Crippen molar-refractivity contribution in [1.82, 2.24) is 9.78 Å². The Morgan fingerprint density at radius 2 is 2.07 bits per heavy atom. The lowest BCUT2D eigenvalue weighted by Crippen LogP contribution is -1.97. The number of nitriles is 1. The first kappa shape index (κ1) is 17.8. The van der Waals surface area contributed by atoms with Gasteiger partial charge in [-0.1, -0.05) is 36.4 Å². The molecule has 0 saturated carbocycles. The Kier molecular flexibility index (Phi) is 5.54. The van der Waals surface area contributed by atoms with E-state index in [1.54, 1.807) is 23.0 Å². The second-order valence-electron chi connectivity index (χ2n) is 5.65. The monoisotopic (exact) mass is 360 g/mol. The van der Waals surface area contributed by atoms with Gasteiger partial charge in [0.2, 0.25) is 0 Å². The van der Waals surface area contributed by atoms with Gasteiger partial charge in [-0.3, -0.25) is 20.2 Å². The molecule has 0 amide bonds. The van der Waals surface area contributed by atoms with Gasteiger partial charge in [0.25, 0.3) is 5.69 Å². The molecule has 0 aliphatic rings. The molecular formula is C19H16N6O2. The van der Waals surface area contributed by atoms with Crippen LogP contribution in [-0.4, -0.2) is 20.9 Å². The van der Waals surface area contributed by atoms with E-state index in [0.29, 0.717) is 18.7 Å². The van der Waals surface area contributed by atoms with Crippen LogP contribution in [0, 0.1) is 21.4 Å². The molecule has 1 heterocycles. The highest BCUT2D eigenvalue weighted by Gasteiger charge is 2.10. The van der Waals surface area contributed by atoms with E-state index in [-0.39, 0.29) is 5.69 Å². The lowest BCUT2D eigenvalue weighted by atomic mass is 10.1. The van der Waals surface area contributed by atoms with Crippen molar-refractivity contribution in [2.24, 2.45) is 5.10 Å². The van der Waals surface area contributed by atoms with Crippen LogP contribution in [0.25, 0.3) is 11.3 Å². The Labute approximate surface area is 155 Å². The van der Waals surface area contributed by atoms with Crippen LogP contribution in [-0.2, 0) is 6.54 Å². The minimum atomic E-state index is -0.457. The standard InChI is InChI=1S/C19H16N6O2/c20-10-5-11-24-14-16(19(23-24)15-6-2-1-3-7-15)13-21-22-17-8-4-9-18(12-17)25(26)27/h1-4,6-9,12-14,22H,5,11H2/b21-13-. The quantitative estimate of drug-likeness (QED) is 0.391. The van der Waals surface area contributed by atoms with Gasteiger partial charge < -0.3 is 0 Å². The molecule has 3 aromatic rings. The molecule has 1 N–H and O–H groups in total. The number of aryl methyl sites for hydroxylation is 1. The van der Waals surface area contributed by atoms with Gasteiger partial charge in [0.05, 0.1) is 35.9 Å². The summed E-state index contributed by atoms with van der Waals surface area (Å²) in [5.41, 5.74) is 5.76. The van der Waals surface area contributed by atoms with Gasteiger partial charge in [-0.2, -0.15) is 15.5 Å². The Bertz CT molecular complexity index is 1000. The van der Waals surface area contributed by atoms with Crippen LogP contribution in [0.2, 0.25) is 0 Å². The van der Waals surface area contributed by atoms with E-state index >= 15 is 0 Å². The SMILES string of the molecule is N#CCCn1cc(/C=N\Nc2cccc([N+](=O)[O-])c2)c(-c2ccccc2)n1. The van der Waals surface area contributed by atoms with Crippen LogP contribution >= 0.6 is 0 Å². The normalized spacial score (nSPS) is 10.6. The fraction of sp³-hybridized carbons (Fsp3) is 0.105. The van der Waals surface area contributed by atoms with Crippen LogP contribution in [0.5, 0.6) is 0 Å². The third-order valence-corrected chi connectivity index (χ3v) is 3.74. The van der Waals surface area contributed by atoms with Gasteiger partial charge in [0.1, 0.15) is 5.69 Å². The first-order chi connectivity index (χ1) is 13.2. The molecule has 8 nitrogen and oxygen atoms in total. The van der Waals surface area contributed by atoms with Gasteiger partial charge in [0.15, 0.2) is 0 Å². The Hall–Kier alpha value is -3.99. The second-order valence-corrected chi connectivity index (χ2v) is 5.65. The Morgan fingerprint density at radius 1 is 1.26 bits per heavy atom. The Balaban J connectivity index is 1.83. The number of nitro groups is 1. The predicted octanol–water partition coefficient (Wildman–Crippen LogP) is 3.82. The lowest BCUT2D eigenvalue weighted by molar-refractivity contribution is -0.384. The topological polar surface area (TPSA) is 109 Å². The number of hydrogen-bond acceptors (Lipinski definition) is 6. The summed E-state index contributed by atoms with van der Waals surface area (Å²) in [6.07, 6.45) is 3.79. The van der Waals surface area contributed by atoms with Crippen LogP contribution < -0.4 is 5.43 Å². The largest absolute Gasteiger partial charge is 0.278 e. The van der Waals surface area contributed by atoms with Crippen molar-refractivity contribution in [3.8, 4) is 17.3 Å². The molecule has 8 heteroatoms. The maximum atomic E-state index is 10.8. The van der Waals surface area contributed by atoms with E-state index in [1.165, 1.54) is 12.1 Å². The molecule has 2 aromatic carbocycles. The molecule has 0 unspecified atom stereocenters. The van der Waals surface area contributed by atoms with E-state index in [9.17, 15) is 10.1 Å². The third kappa shape index (κ3) is 4.55. The predicted molar refractivity (Wildman–Crippen MR) is 102 cm³/mol. The fourth-order valence-electron chi connectivity index (χ4n) is 2.50. The zero-order chi connectivity index (χ0) is 19.1. The zero-order valence-corrected chi connectivity index (χ0v) is 14.3. The number of non-ortho nitro benzene ring substituents is 1. The number of nitro benzene ring substituents is 1. The summed E-state index contributed by atoms with van der Waals surface area (Å²) in [5.74, 6) is 0. The minimum Gasteiger partial charge on any atom is -0.278 e. The first-order valence-electron chi connectivity index (χ1n) is 8.21. The second kappa shape index (κ2) is 8.40. The van der Waals surface area contributed by atoms with Gasteiger partial charge >= 0.3 is 0 Å². The highest BCUT2D eigenvalue weighted by Crippen LogP contribution is 2.21. The summed E-state index contributed by atoms with van der Waals surface area (Å²) in [6.45, 7) is 0.489. The summed E-state index contributed by atoms with van der Waals surface area (Å²) >= 11 is 0. The number of benzene rings is 2. The van der Waals surface area contributed by atoms with Crippen molar-refractivity contribution < 1.29 is 4.92 Å². The number of rotatable bonds is 7. The maximum absolute atomic E-state index is 10.8. The Morgan fingerprint density at radius 3 is 2.81 bits per heavy atom. The molecule has 0 saturated heterocycles. The number of hydrazone groups is 1. The summed E-state index contributed by atoms with van der Waals surface area (Å²) in [6, 6.07) is 17.9. The lowest BCUT2D eigenvalue weighted by Gasteiger charge is -2.00. The molecule has 0 aliphatic heterocycles. The van der Waals surface area contributed by atoms with Crippen molar-refractivity contribution in [2.45, 2.75) is 13.0 Å². The van der Waals surface area contributed by atoms with E-state index in [1.807, 2.05) is 36.5 Å². The molecule has 3 rings (SSSR count). The average Bonchev–Trinajstić information content (AvgIpc) is 3.10. The van der Waals surface area contributed by atoms with Crippen LogP contribution in [0.4, 0.5) is 11.4 Å². The molecule has 0 aliphatic carbocycles. The van der Waals surface area contributed by atoms with Gasteiger partial charge in [-0.15, -0.1) is 0 Å².